The van der Waals surface area contributed by atoms with Gasteiger partial charge in [-0.05, 0) is 44.9 Å². The lowest BCUT2D eigenvalue weighted by molar-refractivity contribution is 0.0718. The van der Waals surface area contributed by atoms with Crippen LogP contribution in [0.3, 0.4) is 0 Å². The minimum absolute atomic E-state index is 0.0319. The van der Waals surface area contributed by atoms with Gasteiger partial charge in [0.1, 0.15) is 11.5 Å². The Morgan fingerprint density at radius 1 is 1.09 bits per heavy atom. The first-order chi connectivity index (χ1) is 10.8. The van der Waals surface area contributed by atoms with Gasteiger partial charge in [0.25, 0.3) is 5.91 Å². The van der Waals surface area contributed by atoms with Gasteiger partial charge >= 0.3 is 0 Å². The van der Waals surface area contributed by atoms with E-state index in [1.165, 1.54) is 25.7 Å². The molecule has 120 valence electrons. The van der Waals surface area contributed by atoms with Gasteiger partial charge in [-0.15, -0.1) is 0 Å². The molecule has 1 aromatic heterocycles. The first-order valence-corrected chi connectivity index (χ1v) is 8.67. The Kier molecular flexibility index (Phi) is 4.90. The lowest BCUT2D eigenvalue weighted by atomic mass is 10.0. The minimum atomic E-state index is 0.0319. The molecule has 0 spiro atoms. The first-order valence-electron chi connectivity index (χ1n) is 8.67. The maximum absolute atomic E-state index is 12.4. The number of aromatic nitrogens is 2. The summed E-state index contributed by atoms with van der Waals surface area (Å²) in [6.07, 6.45) is 11.7. The van der Waals surface area contributed by atoms with Gasteiger partial charge in [-0.25, -0.2) is 9.97 Å². The third-order valence-corrected chi connectivity index (χ3v) is 4.89. The predicted octanol–water partition coefficient (Wildman–Crippen LogP) is 2.87. The van der Waals surface area contributed by atoms with Crippen LogP contribution in [0.25, 0.3) is 0 Å². The van der Waals surface area contributed by atoms with E-state index in [9.17, 15) is 4.79 Å². The van der Waals surface area contributed by atoms with Crippen molar-refractivity contribution in [2.75, 3.05) is 24.5 Å². The van der Waals surface area contributed by atoms with Crippen LogP contribution >= 0.6 is 0 Å². The van der Waals surface area contributed by atoms with Crippen LogP contribution in [0.4, 0.5) is 5.82 Å². The maximum atomic E-state index is 12.4. The molecule has 3 heterocycles. The Bertz CT molecular complexity index is 496. The number of anilines is 1. The SMILES string of the molecule is CCC1CCCCN1c1cnc(C(=O)N2CCCCC2)cn1. The zero-order chi connectivity index (χ0) is 15.4. The maximum Gasteiger partial charge on any atom is 0.274 e. The molecule has 1 aromatic rings. The Balaban J connectivity index is 1.70. The van der Waals surface area contributed by atoms with Crippen LogP contribution in [0.15, 0.2) is 12.4 Å². The number of hydrogen-bond donors (Lipinski definition) is 0. The minimum Gasteiger partial charge on any atom is -0.352 e. The van der Waals surface area contributed by atoms with Gasteiger partial charge in [0.05, 0.1) is 12.4 Å². The number of amides is 1. The van der Waals surface area contributed by atoms with E-state index in [-0.39, 0.29) is 5.91 Å². The third-order valence-electron chi connectivity index (χ3n) is 4.89. The number of hydrogen-bond acceptors (Lipinski definition) is 4. The van der Waals surface area contributed by atoms with Crippen molar-refractivity contribution in [1.82, 2.24) is 14.9 Å². The van der Waals surface area contributed by atoms with E-state index in [1.807, 2.05) is 4.90 Å². The molecule has 2 fully saturated rings. The van der Waals surface area contributed by atoms with Gasteiger partial charge in [-0.2, -0.15) is 0 Å². The summed E-state index contributed by atoms with van der Waals surface area (Å²) < 4.78 is 0. The van der Waals surface area contributed by atoms with E-state index in [2.05, 4.69) is 21.8 Å². The average Bonchev–Trinajstić information content (AvgIpc) is 2.62. The summed E-state index contributed by atoms with van der Waals surface area (Å²) in [4.78, 5) is 25.6. The molecule has 0 bridgehead atoms. The quantitative estimate of drug-likeness (QED) is 0.861. The van der Waals surface area contributed by atoms with Crippen molar-refractivity contribution in [2.24, 2.45) is 0 Å². The average molecular weight is 302 g/mol. The molecule has 22 heavy (non-hydrogen) atoms. The van der Waals surface area contributed by atoms with E-state index in [0.717, 1.165) is 44.7 Å². The Labute approximate surface area is 132 Å². The largest absolute Gasteiger partial charge is 0.352 e. The smallest absolute Gasteiger partial charge is 0.274 e. The summed E-state index contributed by atoms with van der Waals surface area (Å²) in [7, 11) is 0. The highest BCUT2D eigenvalue weighted by Gasteiger charge is 2.23. The van der Waals surface area contributed by atoms with E-state index in [4.69, 9.17) is 0 Å². The standard InChI is InChI=1S/C17H26N4O/c1-2-14-8-4-7-11-21(14)16-13-18-15(12-19-16)17(22)20-9-5-3-6-10-20/h12-14H,2-11H2,1H3. The van der Waals surface area contributed by atoms with Crippen LogP contribution in [-0.4, -0.2) is 46.5 Å². The number of carbonyl (C=O) groups is 1. The second kappa shape index (κ2) is 7.07. The number of nitrogens with zero attached hydrogens (tertiary/aromatic N) is 4. The molecule has 2 aliphatic rings. The lowest BCUT2D eigenvalue weighted by Gasteiger charge is -2.36. The molecular weight excluding hydrogens is 276 g/mol. The summed E-state index contributed by atoms with van der Waals surface area (Å²) in [6, 6.07) is 0.562. The van der Waals surface area contributed by atoms with Crippen molar-refractivity contribution in [3.05, 3.63) is 18.1 Å². The van der Waals surface area contributed by atoms with E-state index in [1.54, 1.807) is 12.4 Å². The highest BCUT2D eigenvalue weighted by atomic mass is 16.2. The number of likely N-dealkylation sites (tertiary alicyclic amines) is 1. The molecule has 5 heteroatoms. The Morgan fingerprint density at radius 3 is 2.55 bits per heavy atom. The van der Waals surface area contributed by atoms with Gasteiger partial charge < -0.3 is 9.80 Å². The lowest BCUT2D eigenvalue weighted by Crippen LogP contribution is -2.40. The van der Waals surface area contributed by atoms with Crippen molar-refractivity contribution in [3.8, 4) is 0 Å². The third kappa shape index (κ3) is 3.23. The van der Waals surface area contributed by atoms with Gasteiger partial charge in [-0.1, -0.05) is 6.92 Å². The Morgan fingerprint density at radius 2 is 1.86 bits per heavy atom. The molecule has 0 aromatic carbocycles. The summed E-state index contributed by atoms with van der Waals surface area (Å²) in [5.74, 6) is 0.950. The van der Waals surface area contributed by atoms with Gasteiger partial charge in [0.15, 0.2) is 0 Å². The Hall–Kier alpha value is -1.65. The highest BCUT2D eigenvalue weighted by molar-refractivity contribution is 5.92. The van der Waals surface area contributed by atoms with Crippen LogP contribution in [0.2, 0.25) is 0 Å². The monoisotopic (exact) mass is 302 g/mol. The number of rotatable bonds is 3. The molecule has 5 nitrogen and oxygen atoms in total. The van der Waals surface area contributed by atoms with Crippen LogP contribution in [0.5, 0.6) is 0 Å². The van der Waals surface area contributed by atoms with Crippen LogP contribution in [0, 0.1) is 0 Å². The molecule has 2 aliphatic heterocycles. The van der Waals surface area contributed by atoms with E-state index < -0.39 is 0 Å². The molecule has 2 saturated heterocycles. The molecule has 0 radical (unpaired) electrons. The van der Waals surface area contributed by atoms with Crippen LogP contribution in [-0.2, 0) is 0 Å². The molecule has 3 rings (SSSR count). The summed E-state index contributed by atoms with van der Waals surface area (Å²) in [6.45, 7) is 4.98. The topological polar surface area (TPSA) is 49.3 Å². The fourth-order valence-corrected chi connectivity index (χ4v) is 3.57. The van der Waals surface area contributed by atoms with Crippen molar-refractivity contribution < 1.29 is 4.79 Å². The zero-order valence-electron chi connectivity index (χ0n) is 13.5. The molecular formula is C17H26N4O. The van der Waals surface area contributed by atoms with Crippen molar-refractivity contribution in [3.63, 3.8) is 0 Å². The van der Waals surface area contributed by atoms with Crippen molar-refractivity contribution in [2.45, 2.75) is 57.9 Å². The molecule has 1 unspecified atom stereocenters. The van der Waals surface area contributed by atoms with Gasteiger partial charge in [-0.3, -0.25) is 4.79 Å². The fourth-order valence-electron chi connectivity index (χ4n) is 3.57. The molecule has 0 saturated carbocycles. The van der Waals surface area contributed by atoms with E-state index in [0.29, 0.717) is 11.7 Å². The predicted molar refractivity (Wildman–Crippen MR) is 87.1 cm³/mol. The van der Waals surface area contributed by atoms with Crippen molar-refractivity contribution in [1.29, 1.82) is 0 Å². The molecule has 0 aliphatic carbocycles. The molecule has 1 amide bonds. The zero-order valence-corrected chi connectivity index (χ0v) is 13.5. The fraction of sp³-hybridized carbons (Fsp3) is 0.706. The number of carbonyl (C=O) groups excluding carboxylic acids is 1. The van der Waals surface area contributed by atoms with Crippen LogP contribution < -0.4 is 4.90 Å². The summed E-state index contributed by atoms with van der Waals surface area (Å²) in [5.41, 5.74) is 0.482. The highest BCUT2D eigenvalue weighted by Crippen LogP contribution is 2.24. The summed E-state index contributed by atoms with van der Waals surface area (Å²) >= 11 is 0. The molecule has 1 atom stereocenters. The van der Waals surface area contributed by atoms with Crippen molar-refractivity contribution >= 4 is 11.7 Å². The summed E-state index contributed by atoms with van der Waals surface area (Å²) in [5, 5.41) is 0. The first kappa shape index (κ1) is 15.3. The normalized spacial score (nSPS) is 22.7. The second-order valence-corrected chi connectivity index (χ2v) is 6.36. The number of piperidine rings is 2. The van der Waals surface area contributed by atoms with Gasteiger partial charge in [0.2, 0.25) is 0 Å². The van der Waals surface area contributed by atoms with Gasteiger partial charge in [0, 0.05) is 25.7 Å². The van der Waals surface area contributed by atoms with E-state index >= 15 is 0 Å². The van der Waals surface area contributed by atoms with Crippen LogP contribution in [0.1, 0.15) is 62.4 Å². The second-order valence-electron chi connectivity index (χ2n) is 6.36. The molecule has 0 N–H and O–H groups in total.